The van der Waals surface area contributed by atoms with Gasteiger partial charge in [0.25, 0.3) is 5.09 Å². The summed E-state index contributed by atoms with van der Waals surface area (Å²) in [7, 11) is 0. The summed E-state index contributed by atoms with van der Waals surface area (Å²) in [5.74, 6) is -1.27. The Morgan fingerprint density at radius 2 is 2.23 bits per heavy atom. The van der Waals surface area contributed by atoms with Gasteiger partial charge in [0.05, 0.1) is 5.56 Å². The topological polar surface area (TPSA) is 89.7 Å². The van der Waals surface area contributed by atoms with Crippen molar-refractivity contribution < 1.29 is 19.8 Å². The van der Waals surface area contributed by atoms with Crippen molar-refractivity contribution in [1.82, 2.24) is 0 Å². The number of carboxylic acids is 1. The lowest BCUT2D eigenvalue weighted by Gasteiger charge is -1.98. The number of nitrogens with zero attached hydrogens (tertiary/aromatic N) is 1. The van der Waals surface area contributed by atoms with Gasteiger partial charge in [0.15, 0.2) is 0 Å². The highest BCUT2D eigenvalue weighted by atomic mass is 17.0. The molecule has 0 aliphatic carbocycles. The number of rotatable bonds is 3. The first-order valence-corrected chi connectivity index (χ1v) is 3.25. The molecular weight excluding hydrogens is 178 g/mol. The molecule has 0 spiro atoms. The third kappa shape index (κ3) is 2.44. The minimum Gasteiger partial charge on any atom is -0.478 e. The van der Waals surface area contributed by atoms with E-state index in [4.69, 9.17) is 5.11 Å². The van der Waals surface area contributed by atoms with E-state index in [1.807, 2.05) is 0 Å². The molecule has 6 nitrogen and oxygen atoms in total. The standard InChI is InChI=1S/C7H5NO5/c9-7(10)5-2-1-3-6(4-5)13-8(11)12/h1-4H,(H,9,10). The van der Waals surface area contributed by atoms with Crippen LogP contribution in [0.4, 0.5) is 0 Å². The predicted octanol–water partition coefficient (Wildman–Crippen LogP) is 0.955. The third-order valence-electron chi connectivity index (χ3n) is 1.26. The molecule has 13 heavy (non-hydrogen) atoms. The highest BCUT2D eigenvalue weighted by molar-refractivity contribution is 5.87. The van der Waals surface area contributed by atoms with Gasteiger partial charge in [-0.3, -0.25) is 4.84 Å². The summed E-state index contributed by atoms with van der Waals surface area (Å²) in [5, 5.41) is 17.4. The fraction of sp³-hybridized carbons (Fsp3) is 0. The number of carboxylic acid groups (broad SMARTS) is 1. The molecule has 68 valence electrons. The van der Waals surface area contributed by atoms with E-state index in [2.05, 4.69) is 4.84 Å². The van der Waals surface area contributed by atoms with E-state index < -0.39 is 11.1 Å². The lowest BCUT2D eigenvalue weighted by atomic mass is 10.2. The molecule has 0 heterocycles. The van der Waals surface area contributed by atoms with Crippen molar-refractivity contribution in [2.45, 2.75) is 0 Å². The van der Waals surface area contributed by atoms with Crippen molar-refractivity contribution in [2.75, 3.05) is 0 Å². The molecule has 0 aliphatic rings. The Morgan fingerprint density at radius 1 is 1.54 bits per heavy atom. The molecule has 0 atom stereocenters. The van der Waals surface area contributed by atoms with E-state index >= 15 is 0 Å². The minimum absolute atomic E-state index is 0.0562. The maximum atomic E-state index is 10.4. The maximum Gasteiger partial charge on any atom is 0.335 e. The summed E-state index contributed by atoms with van der Waals surface area (Å²) in [6.07, 6.45) is 0. The van der Waals surface area contributed by atoms with Crippen LogP contribution in [0.1, 0.15) is 10.4 Å². The van der Waals surface area contributed by atoms with E-state index in [-0.39, 0.29) is 11.3 Å². The van der Waals surface area contributed by atoms with Crippen LogP contribution in [-0.4, -0.2) is 16.2 Å². The first kappa shape index (κ1) is 8.98. The van der Waals surface area contributed by atoms with E-state index in [1.54, 1.807) is 0 Å². The van der Waals surface area contributed by atoms with E-state index in [0.29, 0.717) is 0 Å². The fourth-order valence-electron chi connectivity index (χ4n) is 0.772. The van der Waals surface area contributed by atoms with Gasteiger partial charge in [0.1, 0.15) is 5.75 Å². The average Bonchev–Trinajstić information content (AvgIpc) is 2.03. The van der Waals surface area contributed by atoms with Crippen LogP contribution in [0.2, 0.25) is 0 Å². The van der Waals surface area contributed by atoms with E-state index in [0.717, 1.165) is 6.07 Å². The van der Waals surface area contributed by atoms with Gasteiger partial charge in [-0.1, -0.05) is 6.07 Å². The normalized spacial score (nSPS) is 9.23. The van der Waals surface area contributed by atoms with Crippen LogP contribution in [0.3, 0.4) is 0 Å². The van der Waals surface area contributed by atoms with Crippen LogP contribution >= 0.6 is 0 Å². The fourth-order valence-corrected chi connectivity index (χ4v) is 0.772. The van der Waals surface area contributed by atoms with E-state index in [9.17, 15) is 14.9 Å². The number of hydrogen-bond donors (Lipinski definition) is 1. The molecular formula is C7H5NO5. The summed E-state index contributed by atoms with van der Waals surface area (Å²) < 4.78 is 0. The molecule has 1 aromatic carbocycles. The van der Waals surface area contributed by atoms with Gasteiger partial charge < -0.3 is 5.11 Å². The second-order valence-corrected chi connectivity index (χ2v) is 2.15. The summed E-state index contributed by atoms with van der Waals surface area (Å²) in [6.45, 7) is 0. The minimum atomic E-state index is -1.16. The average molecular weight is 183 g/mol. The molecule has 1 aromatic rings. The van der Waals surface area contributed by atoms with Gasteiger partial charge in [-0.2, -0.15) is 0 Å². The summed E-state index contributed by atoms with van der Waals surface area (Å²) in [6, 6.07) is 5.05. The first-order chi connectivity index (χ1) is 6.09. The molecule has 1 N–H and O–H groups in total. The van der Waals surface area contributed by atoms with E-state index in [1.165, 1.54) is 18.2 Å². The van der Waals surface area contributed by atoms with Crippen molar-refractivity contribution in [2.24, 2.45) is 0 Å². The molecule has 6 heteroatoms. The lowest BCUT2D eigenvalue weighted by molar-refractivity contribution is -0.711. The highest BCUT2D eigenvalue weighted by Gasteiger charge is 2.05. The van der Waals surface area contributed by atoms with Gasteiger partial charge in [-0.15, -0.1) is 10.1 Å². The molecule has 1 rings (SSSR count). The Kier molecular flexibility index (Phi) is 2.44. The van der Waals surface area contributed by atoms with Gasteiger partial charge in [-0.05, 0) is 18.2 Å². The molecule has 0 unspecified atom stereocenters. The Hall–Kier alpha value is -2.11. The van der Waals surface area contributed by atoms with Crippen molar-refractivity contribution >= 4 is 5.97 Å². The quantitative estimate of drug-likeness (QED) is 0.556. The Labute approximate surface area is 72.5 Å². The molecule has 0 saturated carbocycles. The summed E-state index contributed by atoms with van der Waals surface area (Å²) in [5.41, 5.74) is -0.0562. The maximum absolute atomic E-state index is 10.4. The number of hydrogen-bond acceptors (Lipinski definition) is 4. The third-order valence-corrected chi connectivity index (χ3v) is 1.26. The monoisotopic (exact) mass is 183 g/mol. The van der Waals surface area contributed by atoms with Crippen LogP contribution in [-0.2, 0) is 0 Å². The first-order valence-electron chi connectivity index (χ1n) is 3.25. The van der Waals surface area contributed by atoms with Crippen molar-refractivity contribution in [3.8, 4) is 5.75 Å². The van der Waals surface area contributed by atoms with Gasteiger partial charge in [-0.25, -0.2) is 4.79 Å². The molecule has 0 fully saturated rings. The Balaban J connectivity index is 2.91. The molecule has 0 saturated heterocycles. The molecule has 0 amide bonds. The highest BCUT2D eigenvalue weighted by Crippen LogP contribution is 2.12. The zero-order valence-corrected chi connectivity index (χ0v) is 6.34. The Morgan fingerprint density at radius 3 is 2.77 bits per heavy atom. The second-order valence-electron chi connectivity index (χ2n) is 2.15. The van der Waals surface area contributed by atoms with Crippen molar-refractivity contribution in [3.63, 3.8) is 0 Å². The van der Waals surface area contributed by atoms with Crippen LogP contribution in [0.25, 0.3) is 0 Å². The SMILES string of the molecule is O=C(O)c1cccc(O[N+](=O)[O-])c1. The molecule has 0 bridgehead atoms. The molecule has 0 radical (unpaired) electrons. The number of benzene rings is 1. The number of carbonyl (C=O) groups is 1. The Bertz CT molecular complexity index is 348. The van der Waals surface area contributed by atoms with Crippen LogP contribution in [0.5, 0.6) is 5.75 Å². The van der Waals surface area contributed by atoms with Gasteiger partial charge in [0.2, 0.25) is 0 Å². The second kappa shape index (κ2) is 3.53. The largest absolute Gasteiger partial charge is 0.478 e. The van der Waals surface area contributed by atoms with Crippen molar-refractivity contribution in [1.29, 1.82) is 0 Å². The smallest absolute Gasteiger partial charge is 0.335 e. The van der Waals surface area contributed by atoms with Gasteiger partial charge >= 0.3 is 5.97 Å². The molecule has 0 aliphatic heterocycles. The lowest BCUT2D eigenvalue weighted by Crippen LogP contribution is -2.04. The molecule has 0 aromatic heterocycles. The van der Waals surface area contributed by atoms with Crippen LogP contribution in [0, 0.1) is 10.1 Å². The zero-order valence-electron chi connectivity index (χ0n) is 6.34. The van der Waals surface area contributed by atoms with Crippen LogP contribution in [0.15, 0.2) is 24.3 Å². The van der Waals surface area contributed by atoms with Crippen molar-refractivity contribution in [3.05, 3.63) is 39.9 Å². The summed E-state index contributed by atoms with van der Waals surface area (Å²) in [4.78, 5) is 24.4. The van der Waals surface area contributed by atoms with Gasteiger partial charge in [0, 0.05) is 0 Å². The number of aromatic carboxylic acids is 1. The zero-order chi connectivity index (χ0) is 9.84. The predicted molar refractivity (Wildman–Crippen MR) is 41.0 cm³/mol. The summed E-state index contributed by atoms with van der Waals surface area (Å²) >= 11 is 0. The van der Waals surface area contributed by atoms with Crippen LogP contribution < -0.4 is 4.84 Å².